The second-order valence-electron chi connectivity index (χ2n) is 4.94. The van der Waals surface area contributed by atoms with Crippen LogP contribution in [0.4, 0.5) is 14.5 Å². The van der Waals surface area contributed by atoms with E-state index < -0.39 is 5.82 Å². The minimum absolute atomic E-state index is 0.00697. The molecule has 3 nitrogen and oxygen atoms in total. The van der Waals surface area contributed by atoms with Gasteiger partial charge in [0.05, 0.1) is 0 Å². The van der Waals surface area contributed by atoms with E-state index in [0.29, 0.717) is 16.8 Å². The van der Waals surface area contributed by atoms with E-state index in [-0.39, 0.29) is 30.3 Å². The van der Waals surface area contributed by atoms with Gasteiger partial charge in [-0.05, 0) is 55.0 Å². The van der Waals surface area contributed by atoms with Crippen molar-refractivity contribution in [3.05, 3.63) is 65.2 Å². The Kier molecular flexibility index (Phi) is 4.99. The number of rotatable bonds is 5. The molecule has 1 amide bonds. The van der Waals surface area contributed by atoms with Gasteiger partial charge in [-0.1, -0.05) is 0 Å². The Labute approximate surface area is 127 Å². The van der Waals surface area contributed by atoms with Crippen molar-refractivity contribution in [1.29, 1.82) is 0 Å². The van der Waals surface area contributed by atoms with E-state index in [9.17, 15) is 18.4 Å². The van der Waals surface area contributed by atoms with Crippen molar-refractivity contribution in [3.63, 3.8) is 0 Å². The number of Topliss-reactive ketones (excluding diaryl/α,β-unsaturated/α-hetero) is 1. The molecule has 0 spiro atoms. The summed E-state index contributed by atoms with van der Waals surface area (Å²) >= 11 is 0. The first-order valence-corrected chi connectivity index (χ1v) is 6.80. The summed E-state index contributed by atoms with van der Waals surface area (Å²) in [6.07, 6.45) is 0.0325. The van der Waals surface area contributed by atoms with Crippen molar-refractivity contribution < 1.29 is 18.4 Å². The average Bonchev–Trinajstić information content (AvgIpc) is 2.48. The number of halogens is 2. The second kappa shape index (κ2) is 6.93. The lowest BCUT2D eigenvalue weighted by atomic mass is 10.1. The zero-order valence-corrected chi connectivity index (χ0v) is 12.0. The zero-order chi connectivity index (χ0) is 16.1. The largest absolute Gasteiger partial charge is 0.326 e. The Morgan fingerprint density at radius 1 is 0.955 bits per heavy atom. The summed E-state index contributed by atoms with van der Waals surface area (Å²) in [7, 11) is 0. The van der Waals surface area contributed by atoms with Crippen LogP contribution < -0.4 is 5.32 Å². The van der Waals surface area contributed by atoms with Gasteiger partial charge in [-0.25, -0.2) is 8.78 Å². The van der Waals surface area contributed by atoms with Crippen LogP contribution in [-0.4, -0.2) is 11.7 Å². The van der Waals surface area contributed by atoms with E-state index in [1.807, 2.05) is 0 Å². The first kappa shape index (κ1) is 15.8. The van der Waals surface area contributed by atoms with Crippen LogP contribution in [0, 0.1) is 18.6 Å². The normalized spacial score (nSPS) is 10.3. The Morgan fingerprint density at radius 2 is 1.59 bits per heavy atom. The molecule has 0 aliphatic rings. The third-order valence-electron chi connectivity index (χ3n) is 3.21. The molecule has 5 heteroatoms. The van der Waals surface area contributed by atoms with Crippen molar-refractivity contribution in [2.45, 2.75) is 19.8 Å². The monoisotopic (exact) mass is 303 g/mol. The first-order chi connectivity index (χ1) is 10.5. The van der Waals surface area contributed by atoms with Gasteiger partial charge in [0.2, 0.25) is 5.91 Å². The summed E-state index contributed by atoms with van der Waals surface area (Å²) in [6.45, 7) is 1.68. The highest BCUT2D eigenvalue weighted by Gasteiger charge is 2.10. The molecule has 0 radical (unpaired) electrons. The van der Waals surface area contributed by atoms with Gasteiger partial charge in [0.15, 0.2) is 5.78 Å². The maximum absolute atomic E-state index is 13.0. The van der Waals surface area contributed by atoms with Gasteiger partial charge in [0.1, 0.15) is 11.6 Å². The van der Waals surface area contributed by atoms with Crippen LogP contribution in [0.25, 0.3) is 0 Å². The lowest BCUT2D eigenvalue weighted by Crippen LogP contribution is -2.14. The summed E-state index contributed by atoms with van der Waals surface area (Å²) < 4.78 is 25.7. The van der Waals surface area contributed by atoms with E-state index in [2.05, 4.69) is 5.32 Å². The number of hydrogen-bond donors (Lipinski definition) is 1. The third kappa shape index (κ3) is 4.22. The fourth-order valence-electron chi connectivity index (χ4n) is 1.99. The smallest absolute Gasteiger partial charge is 0.224 e. The number of nitrogens with one attached hydrogen (secondary N) is 1. The highest BCUT2D eigenvalue weighted by Crippen LogP contribution is 2.16. The van der Waals surface area contributed by atoms with Crippen LogP contribution in [0.5, 0.6) is 0 Å². The molecule has 2 rings (SSSR count). The number of carbonyl (C=O) groups is 2. The number of carbonyl (C=O) groups excluding carboxylic acids is 2. The van der Waals surface area contributed by atoms with Crippen LogP contribution in [0.15, 0.2) is 42.5 Å². The highest BCUT2D eigenvalue weighted by molar-refractivity contribution is 6.00. The molecule has 114 valence electrons. The van der Waals surface area contributed by atoms with E-state index in [1.165, 1.54) is 42.5 Å². The lowest BCUT2D eigenvalue weighted by Gasteiger charge is -2.08. The molecular formula is C17H15F2NO2. The molecule has 0 saturated carbocycles. The van der Waals surface area contributed by atoms with Crippen molar-refractivity contribution in [2.75, 3.05) is 5.32 Å². The molecule has 2 aromatic carbocycles. The average molecular weight is 303 g/mol. The van der Waals surface area contributed by atoms with Gasteiger partial charge in [-0.15, -0.1) is 0 Å². The fraction of sp³-hybridized carbons (Fsp3) is 0.176. The van der Waals surface area contributed by atoms with Crippen LogP contribution in [0.3, 0.4) is 0 Å². The number of hydrogen-bond acceptors (Lipinski definition) is 2. The number of benzene rings is 2. The highest BCUT2D eigenvalue weighted by atomic mass is 19.1. The molecule has 0 unspecified atom stereocenters. The van der Waals surface area contributed by atoms with Crippen molar-refractivity contribution in [2.24, 2.45) is 0 Å². The topological polar surface area (TPSA) is 46.2 Å². The fourth-order valence-corrected chi connectivity index (χ4v) is 1.99. The summed E-state index contributed by atoms with van der Waals surface area (Å²) in [6, 6.07) is 9.24. The Morgan fingerprint density at radius 3 is 2.23 bits per heavy atom. The summed E-state index contributed by atoms with van der Waals surface area (Å²) in [5.41, 5.74) is 1.49. The number of amides is 1. The van der Waals surface area contributed by atoms with Gasteiger partial charge in [-0.3, -0.25) is 9.59 Å². The molecule has 0 atom stereocenters. The van der Waals surface area contributed by atoms with Crippen molar-refractivity contribution >= 4 is 17.4 Å². The molecule has 0 fully saturated rings. The van der Waals surface area contributed by atoms with Crippen LogP contribution in [0.1, 0.15) is 28.8 Å². The Hall–Kier alpha value is -2.56. The minimum atomic E-state index is -0.416. The van der Waals surface area contributed by atoms with Crippen molar-refractivity contribution in [1.82, 2.24) is 0 Å². The van der Waals surface area contributed by atoms with Gasteiger partial charge in [-0.2, -0.15) is 0 Å². The second-order valence-corrected chi connectivity index (χ2v) is 4.94. The van der Waals surface area contributed by atoms with Crippen molar-refractivity contribution in [3.8, 4) is 0 Å². The first-order valence-electron chi connectivity index (χ1n) is 6.80. The molecule has 0 aliphatic carbocycles. The summed E-state index contributed by atoms with van der Waals surface area (Å²) in [5.74, 6) is -1.35. The number of aryl methyl sites for hydroxylation is 1. The van der Waals surface area contributed by atoms with E-state index in [0.717, 1.165) is 0 Å². The molecule has 0 aliphatic heterocycles. The van der Waals surface area contributed by atoms with Crippen LogP contribution >= 0.6 is 0 Å². The maximum Gasteiger partial charge on any atom is 0.224 e. The maximum atomic E-state index is 13.0. The molecule has 2 aromatic rings. The molecule has 0 aromatic heterocycles. The van der Waals surface area contributed by atoms with Crippen LogP contribution in [0.2, 0.25) is 0 Å². The summed E-state index contributed by atoms with van der Waals surface area (Å²) in [4.78, 5) is 23.7. The van der Waals surface area contributed by atoms with Crippen LogP contribution in [-0.2, 0) is 4.79 Å². The standard InChI is InChI=1S/C17H15F2NO2/c1-11-10-14(19)6-7-15(11)20-17(22)9-8-16(21)12-2-4-13(18)5-3-12/h2-7,10H,8-9H2,1H3,(H,20,22). The molecule has 22 heavy (non-hydrogen) atoms. The quantitative estimate of drug-likeness (QED) is 0.852. The van der Waals surface area contributed by atoms with Gasteiger partial charge in [0.25, 0.3) is 0 Å². The Balaban J connectivity index is 1.89. The van der Waals surface area contributed by atoms with E-state index in [1.54, 1.807) is 6.92 Å². The molecule has 1 N–H and O–H groups in total. The third-order valence-corrected chi connectivity index (χ3v) is 3.21. The van der Waals surface area contributed by atoms with E-state index in [4.69, 9.17) is 0 Å². The minimum Gasteiger partial charge on any atom is -0.326 e. The number of ketones is 1. The van der Waals surface area contributed by atoms with Gasteiger partial charge in [0, 0.05) is 24.1 Å². The molecule has 0 heterocycles. The zero-order valence-electron chi connectivity index (χ0n) is 12.0. The molecular weight excluding hydrogens is 288 g/mol. The number of anilines is 1. The summed E-state index contributed by atoms with van der Waals surface area (Å²) in [5, 5.41) is 2.64. The Bertz CT molecular complexity index is 696. The molecule has 0 saturated heterocycles. The molecule has 0 bridgehead atoms. The SMILES string of the molecule is Cc1cc(F)ccc1NC(=O)CCC(=O)c1ccc(F)cc1. The lowest BCUT2D eigenvalue weighted by molar-refractivity contribution is -0.116. The van der Waals surface area contributed by atoms with E-state index >= 15 is 0 Å². The predicted octanol–water partition coefficient (Wildman–Crippen LogP) is 3.87. The van der Waals surface area contributed by atoms with Gasteiger partial charge < -0.3 is 5.32 Å². The predicted molar refractivity (Wildman–Crippen MR) is 79.7 cm³/mol. The van der Waals surface area contributed by atoms with Gasteiger partial charge >= 0.3 is 0 Å².